The Bertz CT molecular complexity index is 1290. The maximum Gasteiger partial charge on any atom is 0.264 e. The van der Waals surface area contributed by atoms with Crippen molar-refractivity contribution in [3.05, 3.63) is 89.5 Å². The lowest BCUT2D eigenvalue weighted by molar-refractivity contribution is -0.119. The number of aryl methyl sites for hydroxylation is 2. The first-order chi connectivity index (χ1) is 17.3. The summed E-state index contributed by atoms with van der Waals surface area (Å²) in [5.41, 5.74) is 5.54. The number of ether oxygens (including phenoxy) is 1. The predicted molar refractivity (Wildman–Crippen MR) is 144 cm³/mol. The van der Waals surface area contributed by atoms with Crippen molar-refractivity contribution in [3.63, 3.8) is 0 Å². The number of benzene rings is 3. The number of hydrazone groups is 1. The van der Waals surface area contributed by atoms with E-state index in [9.17, 15) is 13.2 Å². The van der Waals surface area contributed by atoms with Crippen LogP contribution in [-0.2, 0) is 14.8 Å². The molecule has 1 N–H and O–H groups in total. The molecule has 0 spiro atoms. The summed E-state index contributed by atoms with van der Waals surface area (Å²) in [6, 6.07) is 20.8. The fourth-order valence-corrected chi connectivity index (χ4v) is 4.94. The molecule has 0 aliphatic heterocycles. The van der Waals surface area contributed by atoms with Gasteiger partial charge in [0.1, 0.15) is 12.3 Å². The van der Waals surface area contributed by atoms with Crippen LogP contribution in [0.4, 0.5) is 5.69 Å². The van der Waals surface area contributed by atoms with Gasteiger partial charge in [-0.3, -0.25) is 9.10 Å². The van der Waals surface area contributed by atoms with Gasteiger partial charge in [0.25, 0.3) is 15.9 Å². The molecule has 3 rings (SSSR count). The van der Waals surface area contributed by atoms with Gasteiger partial charge < -0.3 is 4.74 Å². The zero-order chi connectivity index (χ0) is 26.0. The van der Waals surface area contributed by atoms with Gasteiger partial charge in [-0.1, -0.05) is 56.2 Å². The van der Waals surface area contributed by atoms with Crippen molar-refractivity contribution < 1.29 is 17.9 Å². The number of unbranched alkanes of at least 4 members (excludes halogenated alkanes) is 2. The minimum Gasteiger partial charge on any atom is -0.493 e. The van der Waals surface area contributed by atoms with Crippen LogP contribution in [0.3, 0.4) is 0 Å². The molecular weight excluding hydrogens is 474 g/mol. The number of para-hydroxylation sites is 1. The van der Waals surface area contributed by atoms with E-state index in [2.05, 4.69) is 17.5 Å². The molecule has 8 heteroatoms. The van der Waals surface area contributed by atoms with Gasteiger partial charge in [0.05, 0.1) is 23.4 Å². The fourth-order valence-electron chi connectivity index (χ4n) is 3.51. The van der Waals surface area contributed by atoms with Crippen molar-refractivity contribution in [1.82, 2.24) is 5.43 Å². The number of sulfonamides is 1. The van der Waals surface area contributed by atoms with Gasteiger partial charge in [0.15, 0.2) is 0 Å². The Morgan fingerprint density at radius 3 is 2.42 bits per heavy atom. The molecule has 3 aromatic carbocycles. The highest BCUT2D eigenvalue weighted by molar-refractivity contribution is 7.92. The number of carbonyl (C=O) groups is 1. The topological polar surface area (TPSA) is 88.1 Å². The van der Waals surface area contributed by atoms with E-state index in [1.807, 2.05) is 44.2 Å². The van der Waals surface area contributed by atoms with Gasteiger partial charge in [0, 0.05) is 5.56 Å². The van der Waals surface area contributed by atoms with Crippen LogP contribution >= 0.6 is 0 Å². The van der Waals surface area contributed by atoms with Gasteiger partial charge in [-0.2, -0.15) is 5.10 Å². The van der Waals surface area contributed by atoms with E-state index in [-0.39, 0.29) is 4.90 Å². The fraction of sp³-hybridized carbons (Fsp3) is 0.286. The first-order valence-corrected chi connectivity index (χ1v) is 13.5. The third-order valence-corrected chi connectivity index (χ3v) is 7.50. The average molecular weight is 508 g/mol. The van der Waals surface area contributed by atoms with Crippen molar-refractivity contribution in [1.29, 1.82) is 0 Å². The summed E-state index contributed by atoms with van der Waals surface area (Å²) in [5.74, 6) is 0.111. The quantitative estimate of drug-likeness (QED) is 0.207. The zero-order valence-corrected chi connectivity index (χ0v) is 21.8. The number of nitrogens with zero attached hydrogens (tertiary/aromatic N) is 2. The highest BCUT2D eigenvalue weighted by atomic mass is 32.2. The Kier molecular flexibility index (Phi) is 9.64. The summed E-state index contributed by atoms with van der Waals surface area (Å²) >= 11 is 0. The Morgan fingerprint density at radius 1 is 0.972 bits per heavy atom. The van der Waals surface area contributed by atoms with E-state index in [4.69, 9.17) is 4.74 Å². The lowest BCUT2D eigenvalue weighted by atomic mass is 10.1. The zero-order valence-electron chi connectivity index (χ0n) is 21.0. The maximum atomic E-state index is 13.4. The van der Waals surface area contributed by atoms with E-state index in [1.165, 1.54) is 18.3 Å². The van der Waals surface area contributed by atoms with Crippen LogP contribution < -0.4 is 14.5 Å². The molecule has 1 amide bonds. The third kappa shape index (κ3) is 7.18. The first kappa shape index (κ1) is 26.9. The first-order valence-electron chi connectivity index (χ1n) is 12.0. The summed E-state index contributed by atoms with van der Waals surface area (Å²) in [5, 5.41) is 4.05. The van der Waals surface area contributed by atoms with Gasteiger partial charge in [-0.15, -0.1) is 0 Å². The molecule has 0 aliphatic carbocycles. The maximum absolute atomic E-state index is 13.4. The Balaban J connectivity index is 1.77. The summed E-state index contributed by atoms with van der Waals surface area (Å²) in [7, 11) is -3.98. The van der Waals surface area contributed by atoms with Crippen molar-refractivity contribution in [2.45, 2.75) is 44.9 Å². The highest BCUT2D eigenvalue weighted by Crippen LogP contribution is 2.25. The molecule has 0 bridgehead atoms. The van der Waals surface area contributed by atoms with Crippen LogP contribution in [0.5, 0.6) is 5.75 Å². The third-order valence-electron chi connectivity index (χ3n) is 5.71. The molecule has 0 fully saturated rings. The van der Waals surface area contributed by atoms with E-state index in [1.54, 1.807) is 30.3 Å². The van der Waals surface area contributed by atoms with Crippen molar-refractivity contribution in [3.8, 4) is 5.75 Å². The van der Waals surface area contributed by atoms with Gasteiger partial charge in [-0.05, 0) is 67.8 Å². The number of rotatable bonds is 12. The lowest BCUT2D eigenvalue weighted by Crippen LogP contribution is -2.39. The Labute approximate surface area is 213 Å². The minimum absolute atomic E-state index is 0.105. The molecule has 3 aromatic rings. The largest absolute Gasteiger partial charge is 0.493 e. The number of carbonyl (C=O) groups excluding carboxylic acids is 1. The molecular formula is C28H33N3O4S. The average Bonchev–Trinajstić information content (AvgIpc) is 2.88. The summed E-state index contributed by atoms with van der Waals surface area (Å²) < 4.78 is 33.8. The molecule has 36 heavy (non-hydrogen) atoms. The van der Waals surface area contributed by atoms with Gasteiger partial charge in [-0.25, -0.2) is 13.8 Å². The van der Waals surface area contributed by atoms with Crippen LogP contribution in [0.25, 0.3) is 0 Å². The van der Waals surface area contributed by atoms with Crippen LogP contribution in [-0.4, -0.2) is 33.7 Å². The normalized spacial score (nSPS) is 11.4. The monoisotopic (exact) mass is 507 g/mol. The van der Waals surface area contributed by atoms with Crippen molar-refractivity contribution in [2.75, 3.05) is 17.5 Å². The molecule has 190 valence electrons. The molecule has 0 saturated carbocycles. The number of amides is 1. The van der Waals surface area contributed by atoms with Gasteiger partial charge in [0.2, 0.25) is 0 Å². The summed E-state index contributed by atoms with van der Waals surface area (Å²) in [6.45, 7) is 6.16. The van der Waals surface area contributed by atoms with Crippen LogP contribution in [0.2, 0.25) is 0 Å². The number of hydrogen-bond acceptors (Lipinski definition) is 5. The second kappa shape index (κ2) is 12.9. The molecule has 0 atom stereocenters. The van der Waals surface area contributed by atoms with E-state index < -0.39 is 22.5 Å². The number of hydrogen-bond donors (Lipinski definition) is 1. The van der Waals surface area contributed by atoms with Crippen LogP contribution in [0.15, 0.2) is 82.8 Å². The van der Waals surface area contributed by atoms with Crippen molar-refractivity contribution >= 4 is 27.8 Å². The van der Waals surface area contributed by atoms with Crippen molar-refractivity contribution in [2.24, 2.45) is 5.10 Å². The standard InChI is InChI=1S/C28H33N3O4S/c1-4-5-11-18-35-27-15-10-9-12-24(27)20-29-30-28(32)21-31(25-17-16-22(2)23(3)19-25)36(33,34)26-13-7-6-8-14-26/h6-10,12-17,19-20H,4-5,11,18,21H2,1-3H3,(H,30,32)/b29-20+. The SMILES string of the molecule is CCCCCOc1ccccc1/C=N/NC(=O)CN(c1ccc(C)c(C)c1)S(=O)(=O)c1ccccc1. The molecule has 0 aromatic heterocycles. The number of anilines is 1. The molecule has 0 unspecified atom stereocenters. The van der Waals surface area contributed by atoms with E-state index in [0.717, 1.165) is 40.3 Å². The second-order valence-electron chi connectivity index (χ2n) is 8.48. The Morgan fingerprint density at radius 2 is 1.69 bits per heavy atom. The smallest absolute Gasteiger partial charge is 0.264 e. The van der Waals surface area contributed by atoms with Crippen LogP contribution in [0.1, 0.15) is 42.9 Å². The molecule has 0 saturated heterocycles. The predicted octanol–water partition coefficient (Wildman–Crippen LogP) is 5.22. The second-order valence-corrected chi connectivity index (χ2v) is 10.3. The van der Waals surface area contributed by atoms with E-state index >= 15 is 0 Å². The van der Waals surface area contributed by atoms with E-state index in [0.29, 0.717) is 18.0 Å². The Hall–Kier alpha value is -3.65. The molecule has 0 heterocycles. The number of nitrogens with one attached hydrogen (secondary N) is 1. The lowest BCUT2D eigenvalue weighted by Gasteiger charge is -2.24. The van der Waals surface area contributed by atoms with Crippen LogP contribution in [0, 0.1) is 13.8 Å². The highest BCUT2D eigenvalue weighted by Gasteiger charge is 2.27. The summed E-state index contributed by atoms with van der Waals surface area (Å²) in [4.78, 5) is 12.9. The van der Waals surface area contributed by atoms with Gasteiger partial charge >= 0.3 is 0 Å². The molecule has 0 aliphatic rings. The summed E-state index contributed by atoms with van der Waals surface area (Å²) in [6.07, 6.45) is 4.66. The molecule has 0 radical (unpaired) electrons. The molecule has 7 nitrogen and oxygen atoms in total. The minimum atomic E-state index is -3.98.